The van der Waals surface area contributed by atoms with Crippen LogP contribution >= 0.6 is 0 Å². The van der Waals surface area contributed by atoms with Gasteiger partial charge in [0.1, 0.15) is 29.2 Å². The lowest BCUT2D eigenvalue weighted by Crippen LogP contribution is -2.51. The SMILES string of the molecule is COc1ncc(-c2ccc3ncnc(N4CC5CCC(C4)N5)c3n2)cc1NS(=O)(=O)c1c(F)cccc1F.O=C(O)C(F)(F)F. The third-order valence-corrected chi connectivity index (χ3v) is 8.41. The van der Waals surface area contributed by atoms with E-state index in [2.05, 4.69) is 29.9 Å². The maximum atomic E-state index is 14.2. The van der Waals surface area contributed by atoms with Gasteiger partial charge in [-0.25, -0.2) is 41.9 Å². The van der Waals surface area contributed by atoms with Crippen molar-refractivity contribution in [3.8, 4) is 17.1 Å². The molecule has 2 aliphatic rings. The molecule has 2 fully saturated rings. The average molecular weight is 654 g/mol. The van der Waals surface area contributed by atoms with Crippen LogP contribution in [0.15, 0.2) is 53.8 Å². The molecule has 1 aromatic carbocycles. The third kappa shape index (κ3) is 6.85. The number of carboxylic acid groups (broad SMARTS) is 1. The van der Waals surface area contributed by atoms with Crippen LogP contribution in [0.1, 0.15) is 12.8 Å². The first-order valence-corrected chi connectivity index (χ1v) is 14.7. The molecule has 0 amide bonds. The maximum absolute atomic E-state index is 14.2. The van der Waals surface area contributed by atoms with E-state index in [-0.39, 0.29) is 11.6 Å². The lowest BCUT2D eigenvalue weighted by atomic mass is 10.1. The fourth-order valence-electron chi connectivity index (χ4n) is 5.05. The molecule has 0 spiro atoms. The fourth-order valence-corrected chi connectivity index (χ4v) is 6.24. The van der Waals surface area contributed by atoms with Gasteiger partial charge in [-0.3, -0.25) is 4.72 Å². The molecule has 2 unspecified atom stereocenters. The van der Waals surface area contributed by atoms with Gasteiger partial charge in [-0.1, -0.05) is 6.07 Å². The number of anilines is 2. The van der Waals surface area contributed by atoms with Crippen molar-refractivity contribution in [1.29, 1.82) is 0 Å². The number of pyridine rings is 2. The summed E-state index contributed by atoms with van der Waals surface area (Å²) in [5.41, 5.74) is 2.12. The van der Waals surface area contributed by atoms with Crippen molar-refractivity contribution in [1.82, 2.24) is 25.3 Å². The highest BCUT2D eigenvalue weighted by Crippen LogP contribution is 2.33. The van der Waals surface area contributed by atoms with Gasteiger partial charge in [-0.15, -0.1) is 0 Å². The molecule has 2 bridgehead atoms. The number of carbonyl (C=O) groups is 1. The van der Waals surface area contributed by atoms with Crippen molar-refractivity contribution in [3.63, 3.8) is 0 Å². The second kappa shape index (κ2) is 12.4. The highest BCUT2D eigenvalue weighted by Gasteiger charge is 2.38. The van der Waals surface area contributed by atoms with Gasteiger partial charge < -0.3 is 20.1 Å². The summed E-state index contributed by atoms with van der Waals surface area (Å²) in [6.07, 6.45) is 0.154. The monoisotopic (exact) mass is 653 g/mol. The lowest BCUT2D eigenvalue weighted by Gasteiger charge is -2.33. The number of carboxylic acids is 1. The molecule has 5 heterocycles. The number of piperazine rings is 1. The van der Waals surface area contributed by atoms with Crippen LogP contribution < -0.4 is 19.7 Å². The summed E-state index contributed by atoms with van der Waals surface area (Å²) in [5, 5.41) is 10.7. The number of halogens is 5. The van der Waals surface area contributed by atoms with Gasteiger partial charge in [0.25, 0.3) is 10.0 Å². The predicted octanol–water partition coefficient (Wildman–Crippen LogP) is 3.75. The van der Waals surface area contributed by atoms with E-state index >= 15 is 0 Å². The topological polar surface area (TPSA) is 160 Å². The van der Waals surface area contributed by atoms with Gasteiger partial charge >= 0.3 is 12.1 Å². The fraction of sp³-hybridized carbons (Fsp3) is 0.296. The molecule has 6 rings (SSSR count). The zero-order valence-corrected chi connectivity index (χ0v) is 24.0. The quantitative estimate of drug-likeness (QED) is 0.260. The van der Waals surface area contributed by atoms with Crippen LogP contribution in [0.3, 0.4) is 0 Å². The number of benzene rings is 1. The van der Waals surface area contributed by atoms with Crippen molar-refractivity contribution >= 4 is 38.5 Å². The van der Waals surface area contributed by atoms with E-state index in [1.54, 1.807) is 6.07 Å². The number of alkyl halides is 3. The van der Waals surface area contributed by atoms with E-state index in [1.165, 1.54) is 25.7 Å². The van der Waals surface area contributed by atoms with E-state index in [0.717, 1.165) is 49.9 Å². The van der Waals surface area contributed by atoms with Crippen molar-refractivity contribution in [2.75, 3.05) is 29.8 Å². The molecule has 0 saturated carbocycles. The minimum Gasteiger partial charge on any atom is -0.480 e. The summed E-state index contributed by atoms with van der Waals surface area (Å²) in [6, 6.07) is 8.62. The normalized spacial score (nSPS) is 17.9. The number of hydrogen-bond donors (Lipinski definition) is 3. The molecule has 3 N–H and O–H groups in total. The Bertz CT molecular complexity index is 1830. The Kier molecular flexibility index (Phi) is 8.70. The number of methoxy groups -OCH3 is 1. The number of hydrogen-bond acceptors (Lipinski definition) is 10. The first kappa shape index (κ1) is 31.7. The van der Waals surface area contributed by atoms with E-state index in [9.17, 15) is 30.4 Å². The molecular weight excluding hydrogens is 629 g/mol. The molecule has 12 nitrogen and oxygen atoms in total. The highest BCUT2D eigenvalue weighted by atomic mass is 32.2. The minimum absolute atomic E-state index is 0.0739. The molecule has 0 radical (unpaired) electrons. The lowest BCUT2D eigenvalue weighted by molar-refractivity contribution is -0.192. The van der Waals surface area contributed by atoms with Crippen LogP contribution in [-0.4, -0.2) is 77.9 Å². The Morgan fingerprint density at radius 1 is 1.07 bits per heavy atom. The smallest absolute Gasteiger partial charge is 0.480 e. The number of fused-ring (bicyclic) bond motifs is 3. The summed E-state index contributed by atoms with van der Waals surface area (Å²) < 4.78 is 93.4. The molecule has 3 aromatic heterocycles. The van der Waals surface area contributed by atoms with Crippen LogP contribution in [0, 0.1) is 11.6 Å². The zero-order chi connectivity index (χ0) is 32.5. The second-order valence-electron chi connectivity index (χ2n) is 10.0. The second-order valence-corrected chi connectivity index (χ2v) is 11.7. The summed E-state index contributed by atoms with van der Waals surface area (Å²) in [6.45, 7) is 1.63. The number of ether oxygens (including phenoxy) is 1. The first-order valence-electron chi connectivity index (χ1n) is 13.2. The molecule has 2 aliphatic heterocycles. The molecular formula is C27H24F5N7O5S. The Labute approximate surface area is 252 Å². The van der Waals surface area contributed by atoms with Gasteiger partial charge in [0.05, 0.1) is 18.3 Å². The van der Waals surface area contributed by atoms with E-state index < -0.39 is 38.7 Å². The van der Waals surface area contributed by atoms with Gasteiger partial charge in [0, 0.05) is 36.9 Å². The van der Waals surface area contributed by atoms with Crippen molar-refractivity contribution in [3.05, 3.63) is 60.6 Å². The summed E-state index contributed by atoms with van der Waals surface area (Å²) >= 11 is 0. The predicted molar refractivity (Wildman–Crippen MR) is 150 cm³/mol. The summed E-state index contributed by atoms with van der Waals surface area (Å²) in [7, 11) is -3.33. The first-order chi connectivity index (χ1) is 21.3. The van der Waals surface area contributed by atoms with E-state index in [0.29, 0.717) is 34.4 Å². The van der Waals surface area contributed by atoms with Crippen LogP contribution in [0.5, 0.6) is 5.88 Å². The van der Waals surface area contributed by atoms with Gasteiger partial charge in [-0.2, -0.15) is 13.2 Å². The van der Waals surface area contributed by atoms with Gasteiger partial charge in [0.15, 0.2) is 10.7 Å². The van der Waals surface area contributed by atoms with E-state index in [1.807, 2.05) is 6.07 Å². The highest BCUT2D eigenvalue weighted by molar-refractivity contribution is 7.92. The number of nitrogens with one attached hydrogen (secondary N) is 2. The number of sulfonamides is 1. The van der Waals surface area contributed by atoms with E-state index in [4.69, 9.17) is 19.6 Å². The average Bonchev–Trinajstić information content (AvgIpc) is 3.32. The summed E-state index contributed by atoms with van der Waals surface area (Å²) in [4.78, 5) is 27.9. The Morgan fingerprint density at radius 2 is 1.71 bits per heavy atom. The zero-order valence-electron chi connectivity index (χ0n) is 23.2. The Balaban J connectivity index is 0.000000515. The molecule has 0 aliphatic carbocycles. The van der Waals surface area contributed by atoms with Crippen molar-refractivity contribution < 1.29 is 45.0 Å². The number of aliphatic carboxylic acids is 1. The minimum atomic E-state index is -5.08. The molecule has 45 heavy (non-hydrogen) atoms. The van der Waals surface area contributed by atoms with Gasteiger partial charge in [0.2, 0.25) is 5.88 Å². The molecule has 2 atom stereocenters. The number of aromatic nitrogens is 4. The molecule has 18 heteroatoms. The Morgan fingerprint density at radius 3 is 2.31 bits per heavy atom. The van der Waals surface area contributed by atoms with Crippen LogP contribution in [0.4, 0.5) is 33.5 Å². The standard InChI is InChI=1S/C25H23F2N7O3S.C2HF3O2/c1-37-25-21(33-38(35,36)23-17(26)3-2-4-18(23)27)9-14(10-28-25)19-7-8-20-22(32-19)24(30-13-29-20)34-11-15-5-6-16(12-34)31-15;3-2(4,5)1(6)7/h2-4,7-10,13,15-16,31,33H,5-6,11-12H2,1H3;(H,6,7). The number of nitrogens with zero attached hydrogens (tertiary/aromatic N) is 5. The third-order valence-electron chi connectivity index (χ3n) is 6.99. The van der Waals surface area contributed by atoms with Crippen LogP contribution in [-0.2, 0) is 14.8 Å². The Hall–Kier alpha value is -4.71. The molecule has 2 saturated heterocycles. The molecule has 238 valence electrons. The molecule has 4 aromatic rings. The van der Waals surface area contributed by atoms with Crippen molar-refractivity contribution in [2.45, 2.75) is 36.0 Å². The largest absolute Gasteiger partial charge is 0.490 e. The van der Waals surface area contributed by atoms with Crippen LogP contribution in [0.25, 0.3) is 22.3 Å². The maximum Gasteiger partial charge on any atom is 0.490 e. The number of rotatable bonds is 6. The van der Waals surface area contributed by atoms with Crippen LogP contribution in [0.2, 0.25) is 0 Å². The summed E-state index contributed by atoms with van der Waals surface area (Å²) in [5.74, 6) is -4.54. The van der Waals surface area contributed by atoms with Gasteiger partial charge in [-0.05, 0) is 43.2 Å². The van der Waals surface area contributed by atoms with Crippen molar-refractivity contribution in [2.24, 2.45) is 0 Å².